The number of hydrogen-bond donors (Lipinski definition) is 1. The normalized spacial score (nSPS) is 20.0. The van der Waals surface area contributed by atoms with Crippen LogP contribution >= 0.6 is 15.9 Å². The minimum atomic E-state index is -0.585. The summed E-state index contributed by atoms with van der Waals surface area (Å²) in [7, 11) is 1.65. The number of aliphatic hydroxyl groups excluding tert-OH is 1. The van der Waals surface area contributed by atoms with E-state index in [1.807, 2.05) is 6.07 Å². The summed E-state index contributed by atoms with van der Waals surface area (Å²) in [6.07, 6.45) is 3.75. The predicted octanol–water partition coefficient (Wildman–Crippen LogP) is 3.45. The first-order valence-electron chi connectivity index (χ1n) is 6.24. The first-order chi connectivity index (χ1) is 8.55. The number of hydrogen-bond acceptors (Lipinski definition) is 2. The fourth-order valence-electron chi connectivity index (χ4n) is 2.78. The van der Waals surface area contributed by atoms with Crippen LogP contribution < -0.4 is 0 Å². The molecule has 2 nitrogen and oxygen atoms in total. The van der Waals surface area contributed by atoms with Gasteiger partial charge in [-0.3, -0.25) is 0 Å². The first-order valence-corrected chi connectivity index (χ1v) is 7.03. The van der Waals surface area contributed by atoms with E-state index in [4.69, 9.17) is 4.74 Å². The monoisotopic (exact) mass is 316 g/mol. The highest BCUT2D eigenvalue weighted by Crippen LogP contribution is 2.37. The summed E-state index contributed by atoms with van der Waals surface area (Å²) >= 11 is 3.26. The lowest BCUT2D eigenvalue weighted by atomic mass is 9.90. The molecule has 1 aromatic rings. The number of rotatable bonds is 4. The van der Waals surface area contributed by atoms with Gasteiger partial charge in [0.1, 0.15) is 5.82 Å². The second kappa shape index (κ2) is 5.68. The third-order valence-electron chi connectivity index (χ3n) is 3.82. The average molecular weight is 317 g/mol. The average Bonchev–Trinajstić information content (AvgIpc) is 2.77. The van der Waals surface area contributed by atoms with Gasteiger partial charge in [0, 0.05) is 18.0 Å². The Bertz CT molecular complexity index is 396. The Labute approximate surface area is 115 Å². The van der Waals surface area contributed by atoms with E-state index in [1.54, 1.807) is 7.11 Å². The fraction of sp³-hybridized carbons (Fsp3) is 0.571. The van der Waals surface area contributed by atoms with Crippen molar-refractivity contribution in [1.82, 2.24) is 0 Å². The maximum Gasteiger partial charge on any atom is 0.124 e. The number of aliphatic hydroxyl groups is 1. The summed E-state index contributed by atoms with van der Waals surface area (Å²) in [4.78, 5) is 0. The van der Waals surface area contributed by atoms with E-state index in [0.717, 1.165) is 31.2 Å². The number of benzene rings is 1. The minimum Gasteiger partial charge on any atom is -0.390 e. The Balaban J connectivity index is 2.12. The lowest BCUT2D eigenvalue weighted by Crippen LogP contribution is -2.42. The van der Waals surface area contributed by atoms with Gasteiger partial charge >= 0.3 is 0 Å². The maximum absolute atomic E-state index is 13.3. The van der Waals surface area contributed by atoms with Crippen molar-refractivity contribution in [1.29, 1.82) is 0 Å². The van der Waals surface area contributed by atoms with Crippen molar-refractivity contribution in [2.24, 2.45) is 0 Å². The van der Waals surface area contributed by atoms with Gasteiger partial charge in [-0.15, -0.1) is 0 Å². The van der Waals surface area contributed by atoms with Crippen LogP contribution in [0.15, 0.2) is 22.7 Å². The smallest absolute Gasteiger partial charge is 0.124 e. The van der Waals surface area contributed by atoms with Gasteiger partial charge in [-0.2, -0.15) is 0 Å². The van der Waals surface area contributed by atoms with Crippen molar-refractivity contribution in [2.75, 3.05) is 7.11 Å². The molecule has 0 bridgehead atoms. The Morgan fingerprint density at radius 3 is 2.61 bits per heavy atom. The molecular weight excluding hydrogens is 299 g/mol. The van der Waals surface area contributed by atoms with E-state index < -0.39 is 11.7 Å². The molecule has 1 fully saturated rings. The van der Waals surface area contributed by atoms with Crippen molar-refractivity contribution in [2.45, 2.75) is 43.8 Å². The van der Waals surface area contributed by atoms with E-state index in [1.165, 1.54) is 12.1 Å². The first kappa shape index (κ1) is 14.0. The number of methoxy groups -OCH3 is 1. The van der Waals surface area contributed by atoms with Crippen molar-refractivity contribution in [3.05, 3.63) is 34.1 Å². The van der Waals surface area contributed by atoms with Crippen LogP contribution in [0.25, 0.3) is 0 Å². The second-order valence-corrected chi connectivity index (χ2v) is 5.89. The van der Waals surface area contributed by atoms with Crippen LogP contribution in [0.5, 0.6) is 0 Å². The predicted molar refractivity (Wildman–Crippen MR) is 72.0 cm³/mol. The van der Waals surface area contributed by atoms with Crippen LogP contribution in [0.4, 0.5) is 4.39 Å². The van der Waals surface area contributed by atoms with Gasteiger partial charge in [0.25, 0.3) is 0 Å². The molecule has 0 aliphatic heterocycles. The van der Waals surface area contributed by atoms with Crippen molar-refractivity contribution in [3.63, 3.8) is 0 Å². The molecule has 1 aliphatic rings. The second-order valence-electron chi connectivity index (χ2n) is 4.97. The lowest BCUT2D eigenvalue weighted by Gasteiger charge is -2.33. The van der Waals surface area contributed by atoms with Crippen molar-refractivity contribution in [3.8, 4) is 0 Å². The molecule has 1 unspecified atom stereocenters. The molecule has 100 valence electrons. The zero-order chi connectivity index (χ0) is 13.2. The standard InChI is InChI=1S/C14H18BrFO2/c1-18-14(4-2-3-5-14)13(17)8-10-6-11(15)9-12(16)7-10/h6-7,9,13,17H,2-5,8H2,1H3. The van der Waals surface area contributed by atoms with Crippen molar-refractivity contribution < 1.29 is 14.2 Å². The highest BCUT2D eigenvalue weighted by molar-refractivity contribution is 9.10. The van der Waals surface area contributed by atoms with Crippen molar-refractivity contribution >= 4 is 15.9 Å². The van der Waals surface area contributed by atoms with Gasteiger partial charge in [0.15, 0.2) is 0 Å². The molecule has 1 aromatic carbocycles. The molecule has 0 heterocycles. The zero-order valence-corrected chi connectivity index (χ0v) is 12.0. The summed E-state index contributed by atoms with van der Waals surface area (Å²) in [5, 5.41) is 10.4. The summed E-state index contributed by atoms with van der Waals surface area (Å²) < 4.78 is 19.5. The van der Waals surface area contributed by atoms with Gasteiger partial charge in [0.2, 0.25) is 0 Å². The van der Waals surface area contributed by atoms with Crippen LogP contribution in [0.2, 0.25) is 0 Å². The molecule has 0 saturated heterocycles. The fourth-order valence-corrected chi connectivity index (χ4v) is 3.30. The van der Waals surface area contributed by atoms with Crippen LogP contribution in [0.3, 0.4) is 0 Å². The Morgan fingerprint density at radius 2 is 2.06 bits per heavy atom. The van der Waals surface area contributed by atoms with Crippen LogP contribution in [0, 0.1) is 5.82 Å². The molecule has 1 saturated carbocycles. The van der Waals surface area contributed by atoms with Crippen LogP contribution in [-0.4, -0.2) is 23.9 Å². The molecule has 2 rings (SSSR count). The Hall–Kier alpha value is -0.450. The molecule has 18 heavy (non-hydrogen) atoms. The quantitative estimate of drug-likeness (QED) is 0.922. The van der Waals surface area contributed by atoms with E-state index in [-0.39, 0.29) is 5.82 Å². The number of halogens is 2. The molecule has 1 aliphatic carbocycles. The molecule has 1 atom stereocenters. The van der Waals surface area contributed by atoms with Crippen LogP contribution in [-0.2, 0) is 11.2 Å². The van der Waals surface area contributed by atoms with E-state index >= 15 is 0 Å². The molecular formula is C14H18BrFO2. The highest BCUT2D eigenvalue weighted by atomic mass is 79.9. The van der Waals surface area contributed by atoms with Gasteiger partial charge in [-0.1, -0.05) is 28.8 Å². The largest absolute Gasteiger partial charge is 0.390 e. The van der Waals surface area contributed by atoms with E-state index in [2.05, 4.69) is 15.9 Å². The molecule has 0 radical (unpaired) electrons. The Morgan fingerprint density at radius 1 is 1.39 bits per heavy atom. The van der Waals surface area contributed by atoms with E-state index in [9.17, 15) is 9.50 Å². The molecule has 4 heteroatoms. The SMILES string of the molecule is COC1(C(O)Cc2cc(F)cc(Br)c2)CCCC1. The molecule has 0 aromatic heterocycles. The molecule has 0 spiro atoms. The summed E-state index contributed by atoms with van der Waals surface area (Å²) in [6.45, 7) is 0. The molecule has 1 N–H and O–H groups in total. The summed E-state index contributed by atoms with van der Waals surface area (Å²) in [5.41, 5.74) is 0.344. The third-order valence-corrected chi connectivity index (χ3v) is 4.27. The summed E-state index contributed by atoms with van der Waals surface area (Å²) in [5.74, 6) is -0.288. The van der Waals surface area contributed by atoms with Gasteiger partial charge in [0.05, 0.1) is 11.7 Å². The summed E-state index contributed by atoms with van der Waals surface area (Å²) in [6, 6.07) is 4.72. The highest BCUT2D eigenvalue weighted by Gasteiger charge is 2.40. The van der Waals surface area contributed by atoms with Gasteiger partial charge in [-0.25, -0.2) is 4.39 Å². The minimum absolute atomic E-state index is 0.288. The van der Waals surface area contributed by atoms with Crippen LogP contribution in [0.1, 0.15) is 31.2 Å². The number of ether oxygens (including phenoxy) is 1. The molecule has 0 amide bonds. The lowest BCUT2D eigenvalue weighted by molar-refractivity contribution is -0.0971. The van der Waals surface area contributed by atoms with Gasteiger partial charge < -0.3 is 9.84 Å². The van der Waals surface area contributed by atoms with E-state index in [0.29, 0.717) is 10.9 Å². The Kier molecular flexibility index (Phi) is 4.41. The maximum atomic E-state index is 13.3. The topological polar surface area (TPSA) is 29.5 Å². The zero-order valence-electron chi connectivity index (χ0n) is 10.5. The third kappa shape index (κ3) is 2.92. The van der Waals surface area contributed by atoms with Gasteiger partial charge in [-0.05, 0) is 36.6 Å².